The van der Waals surface area contributed by atoms with Gasteiger partial charge in [0.2, 0.25) is 5.91 Å². The van der Waals surface area contributed by atoms with Gasteiger partial charge in [0.1, 0.15) is 15.7 Å². The first-order valence-electron chi connectivity index (χ1n) is 10.7. The third-order valence-corrected chi connectivity index (χ3v) is 8.42. The third-order valence-electron chi connectivity index (χ3n) is 5.51. The van der Waals surface area contributed by atoms with Gasteiger partial charge in [-0.1, -0.05) is 48.2 Å². The average Bonchev–Trinajstić information content (AvgIpc) is 3.53. The van der Waals surface area contributed by atoms with Gasteiger partial charge in [-0.15, -0.1) is 22.7 Å². The molecule has 0 N–H and O–H groups in total. The minimum absolute atomic E-state index is 0.0528. The van der Waals surface area contributed by atoms with E-state index in [4.69, 9.17) is 0 Å². The number of hydrogen-bond donors (Lipinski definition) is 0. The second kappa shape index (κ2) is 9.62. The molecule has 4 heterocycles. The highest BCUT2D eigenvalue weighted by Gasteiger charge is 2.25. The van der Waals surface area contributed by atoms with Gasteiger partial charge < -0.3 is 9.80 Å². The number of benzene rings is 1. The van der Waals surface area contributed by atoms with Crippen molar-refractivity contribution in [3.63, 3.8) is 0 Å². The SMILES string of the molecule is Cc1nc(SCC(=O)N2CCN(C(=O)c3cccs3)CC2)c2cc(-c3ccccc3)sc2n1. The van der Waals surface area contributed by atoms with Crippen LogP contribution in [0.2, 0.25) is 0 Å². The molecule has 3 aromatic heterocycles. The molecule has 0 aliphatic carbocycles. The van der Waals surface area contributed by atoms with Crippen molar-refractivity contribution in [2.24, 2.45) is 0 Å². The fourth-order valence-electron chi connectivity index (χ4n) is 3.79. The summed E-state index contributed by atoms with van der Waals surface area (Å²) in [5.74, 6) is 1.16. The molecule has 1 aromatic carbocycles. The number of aryl methyl sites for hydroxylation is 1. The lowest BCUT2D eigenvalue weighted by molar-refractivity contribution is -0.129. The van der Waals surface area contributed by atoms with Crippen LogP contribution in [0.3, 0.4) is 0 Å². The fourth-order valence-corrected chi connectivity index (χ4v) is 6.58. The zero-order valence-corrected chi connectivity index (χ0v) is 20.5. The number of fused-ring (bicyclic) bond motifs is 1. The van der Waals surface area contributed by atoms with E-state index >= 15 is 0 Å². The molecule has 1 aliphatic rings. The molecule has 6 nitrogen and oxygen atoms in total. The number of rotatable bonds is 5. The number of hydrogen-bond acceptors (Lipinski definition) is 7. The van der Waals surface area contributed by atoms with Crippen molar-refractivity contribution < 1.29 is 9.59 Å². The number of thiophene rings is 2. The molecule has 9 heteroatoms. The van der Waals surface area contributed by atoms with Crippen molar-refractivity contribution in [2.75, 3.05) is 31.9 Å². The zero-order chi connectivity index (χ0) is 22.8. The van der Waals surface area contributed by atoms with E-state index in [1.807, 2.05) is 52.4 Å². The Morgan fingerprint density at radius 2 is 1.76 bits per heavy atom. The molecule has 0 bridgehead atoms. The summed E-state index contributed by atoms with van der Waals surface area (Å²) in [6, 6.07) is 16.1. The number of piperazine rings is 1. The molecule has 1 fully saturated rings. The van der Waals surface area contributed by atoms with E-state index in [0.29, 0.717) is 37.8 Å². The lowest BCUT2D eigenvalue weighted by Gasteiger charge is -2.34. The van der Waals surface area contributed by atoms with Crippen LogP contribution in [0.15, 0.2) is 58.9 Å². The number of amides is 2. The standard InChI is InChI=1S/C24H22N4O2S3/c1-16-25-22(18-14-20(33-23(18)26-16)17-6-3-2-4-7-17)32-15-21(29)27-9-11-28(12-10-27)24(30)19-8-5-13-31-19/h2-8,13-14H,9-12,15H2,1H3. The minimum Gasteiger partial charge on any atom is -0.338 e. The van der Waals surface area contributed by atoms with Crippen LogP contribution in [0.4, 0.5) is 0 Å². The lowest BCUT2D eigenvalue weighted by atomic mass is 10.2. The second-order valence-electron chi connectivity index (χ2n) is 7.71. The molecule has 1 saturated heterocycles. The van der Waals surface area contributed by atoms with Gasteiger partial charge in [0, 0.05) is 36.4 Å². The van der Waals surface area contributed by atoms with Crippen LogP contribution in [0, 0.1) is 6.92 Å². The molecule has 33 heavy (non-hydrogen) atoms. The topological polar surface area (TPSA) is 66.4 Å². The monoisotopic (exact) mass is 494 g/mol. The Kier molecular flexibility index (Phi) is 6.43. The van der Waals surface area contributed by atoms with E-state index < -0.39 is 0 Å². The van der Waals surface area contributed by atoms with E-state index in [-0.39, 0.29) is 11.8 Å². The van der Waals surface area contributed by atoms with Crippen molar-refractivity contribution in [3.8, 4) is 10.4 Å². The Morgan fingerprint density at radius 3 is 2.48 bits per heavy atom. The quantitative estimate of drug-likeness (QED) is 0.294. The molecule has 1 aliphatic heterocycles. The van der Waals surface area contributed by atoms with Gasteiger partial charge in [-0.3, -0.25) is 9.59 Å². The van der Waals surface area contributed by atoms with Gasteiger partial charge in [-0.25, -0.2) is 9.97 Å². The molecule has 4 aromatic rings. The van der Waals surface area contributed by atoms with Crippen molar-refractivity contribution in [2.45, 2.75) is 11.9 Å². The molecule has 0 saturated carbocycles. The predicted octanol–water partition coefficient (Wildman–Crippen LogP) is 4.80. The molecule has 0 spiro atoms. The van der Waals surface area contributed by atoms with Crippen molar-refractivity contribution in [3.05, 3.63) is 64.6 Å². The predicted molar refractivity (Wildman–Crippen MR) is 135 cm³/mol. The van der Waals surface area contributed by atoms with Gasteiger partial charge in [-0.2, -0.15) is 0 Å². The molecular weight excluding hydrogens is 472 g/mol. The maximum Gasteiger partial charge on any atom is 0.264 e. The van der Waals surface area contributed by atoms with E-state index in [0.717, 1.165) is 30.6 Å². The largest absolute Gasteiger partial charge is 0.338 e. The van der Waals surface area contributed by atoms with E-state index in [1.165, 1.54) is 23.1 Å². The number of aromatic nitrogens is 2. The maximum absolute atomic E-state index is 12.9. The maximum atomic E-state index is 12.9. The van der Waals surface area contributed by atoms with Crippen LogP contribution in [0.5, 0.6) is 0 Å². The second-order valence-corrected chi connectivity index (χ2v) is 10.7. The van der Waals surface area contributed by atoms with E-state index in [1.54, 1.807) is 11.3 Å². The number of nitrogens with zero attached hydrogens (tertiary/aromatic N) is 4. The highest BCUT2D eigenvalue weighted by atomic mass is 32.2. The van der Waals surface area contributed by atoms with Gasteiger partial charge in [0.15, 0.2) is 0 Å². The molecule has 0 unspecified atom stereocenters. The molecule has 2 amide bonds. The summed E-state index contributed by atoms with van der Waals surface area (Å²) >= 11 is 4.56. The van der Waals surface area contributed by atoms with Crippen LogP contribution in [0.1, 0.15) is 15.5 Å². The van der Waals surface area contributed by atoms with Crippen molar-refractivity contribution in [1.82, 2.24) is 19.8 Å². The van der Waals surface area contributed by atoms with Crippen molar-refractivity contribution >= 4 is 56.5 Å². The summed E-state index contributed by atoms with van der Waals surface area (Å²) in [6.45, 7) is 4.14. The Morgan fingerprint density at radius 1 is 1.00 bits per heavy atom. The summed E-state index contributed by atoms with van der Waals surface area (Å²) in [4.78, 5) is 41.2. The minimum atomic E-state index is 0.0528. The highest BCUT2D eigenvalue weighted by molar-refractivity contribution is 8.00. The summed E-state index contributed by atoms with van der Waals surface area (Å²) in [5.41, 5.74) is 1.15. The average molecular weight is 495 g/mol. The Balaban J connectivity index is 1.24. The van der Waals surface area contributed by atoms with E-state index in [9.17, 15) is 9.59 Å². The number of carbonyl (C=O) groups excluding carboxylic acids is 2. The van der Waals surface area contributed by atoms with Gasteiger partial charge in [-0.05, 0) is 30.0 Å². The van der Waals surface area contributed by atoms with Crippen LogP contribution in [-0.4, -0.2) is 63.5 Å². The van der Waals surface area contributed by atoms with Crippen molar-refractivity contribution in [1.29, 1.82) is 0 Å². The van der Waals surface area contributed by atoms with Crippen LogP contribution in [-0.2, 0) is 4.79 Å². The Bertz CT molecular complexity index is 1280. The normalized spacial score (nSPS) is 14.1. The molecule has 5 rings (SSSR count). The van der Waals surface area contributed by atoms with Gasteiger partial charge in [0.05, 0.1) is 10.6 Å². The van der Waals surface area contributed by atoms with Gasteiger partial charge >= 0.3 is 0 Å². The summed E-state index contributed by atoms with van der Waals surface area (Å²) in [7, 11) is 0. The van der Waals surface area contributed by atoms with Crippen LogP contribution < -0.4 is 0 Å². The third kappa shape index (κ3) is 4.80. The summed E-state index contributed by atoms with van der Waals surface area (Å²) < 4.78 is 0. The number of thioether (sulfide) groups is 1. The van der Waals surface area contributed by atoms with E-state index in [2.05, 4.69) is 28.2 Å². The Hall–Kier alpha value is -2.75. The summed E-state index contributed by atoms with van der Waals surface area (Å²) in [6.07, 6.45) is 0. The first-order valence-corrected chi connectivity index (χ1v) is 13.3. The fraction of sp³-hybridized carbons (Fsp3) is 0.250. The van der Waals surface area contributed by atoms with Gasteiger partial charge in [0.25, 0.3) is 5.91 Å². The van der Waals surface area contributed by atoms with Crippen LogP contribution >= 0.6 is 34.4 Å². The molecular formula is C24H22N4O2S3. The zero-order valence-electron chi connectivity index (χ0n) is 18.1. The molecule has 0 radical (unpaired) electrons. The molecule has 0 atom stereocenters. The first-order chi connectivity index (χ1) is 16.1. The number of carbonyl (C=O) groups is 2. The lowest BCUT2D eigenvalue weighted by Crippen LogP contribution is -2.51. The smallest absolute Gasteiger partial charge is 0.264 e. The highest BCUT2D eigenvalue weighted by Crippen LogP contribution is 2.36. The Labute approximate surface area is 204 Å². The first kappa shape index (κ1) is 22.1. The van der Waals surface area contributed by atoms with Crippen LogP contribution in [0.25, 0.3) is 20.7 Å². The summed E-state index contributed by atoms with van der Waals surface area (Å²) in [5, 5.41) is 3.75. The molecule has 168 valence electrons.